The molecule has 21 heavy (non-hydrogen) atoms. The van der Waals surface area contributed by atoms with Gasteiger partial charge in [0, 0.05) is 34.9 Å². The van der Waals surface area contributed by atoms with Gasteiger partial charge in [0.2, 0.25) is 0 Å². The summed E-state index contributed by atoms with van der Waals surface area (Å²) in [5.41, 5.74) is 3.76. The first kappa shape index (κ1) is 14.0. The summed E-state index contributed by atoms with van der Waals surface area (Å²) in [5, 5.41) is 5.96. The van der Waals surface area contributed by atoms with E-state index in [2.05, 4.69) is 65.9 Å². The van der Waals surface area contributed by atoms with E-state index in [1.807, 2.05) is 12.4 Å². The number of aryl methyl sites for hydroxylation is 1. The minimum atomic E-state index is 0.830. The second kappa shape index (κ2) is 6.19. The molecular weight excluding hydrogens is 276 g/mol. The van der Waals surface area contributed by atoms with Crippen LogP contribution in [0.1, 0.15) is 11.1 Å². The lowest BCUT2D eigenvalue weighted by atomic mass is 10.1. The monoisotopic (exact) mass is 294 g/mol. The quantitative estimate of drug-likeness (QED) is 0.694. The van der Waals surface area contributed by atoms with Crippen LogP contribution in [-0.2, 0) is 6.54 Å². The Morgan fingerprint density at radius 2 is 1.95 bits per heavy atom. The first-order valence-corrected chi connectivity index (χ1v) is 8.20. The fourth-order valence-corrected chi connectivity index (χ4v) is 2.80. The molecule has 0 saturated heterocycles. The second-order valence-electron chi connectivity index (χ2n) is 5.09. The molecule has 0 spiro atoms. The zero-order valence-corrected chi connectivity index (χ0v) is 13.1. The SMILES string of the molecule is CSc1ccc(C)c(NCc2ccc3cnccc3c2)c1. The van der Waals surface area contributed by atoms with Crippen molar-refractivity contribution in [2.45, 2.75) is 18.4 Å². The molecule has 0 amide bonds. The van der Waals surface area contributed by atoms with Gasteiger partial charge in [0.25, 0.3) is 0 Å². The van der Waals surface area contributed by atoms with Gasteiger partial charge in [0.1, 0.15) is 0 Å². The Hall–Kier alpha value is -2.00. The van der Waals surface area contributed by atoms with Crippen molar-refractivity contribution in [1.29, 1.82) is 0 Å². The first-order chi connectivity index (χ1) is 10.3. The number of nitrogens with one attached hydrogen (secondary N) is 1. The third kappa shape index (κ3) is 3.19. The molecule has 0 radical (unpaired) electrons. The number of benzene rings is 2. The summed E-state index contributed by atoms with van der Waals surface area (Å²) >= 11 is 1.77. The molecule has 3 aromatic rings. The van der Waals surface area contributed by atoms with Crippen molar-refractivity contribution >= 4 is 28.2 Å². The minimum Gasteiger partial charge on any atom is -0.381 e. The molecule has 3 heteroatoms. The predicted molar refractivity (Wildman–Crippen MR) is 92.0 cm³/mol. The van der Waals surface area contributed by atoms with E-state index < -0.39 is 0 Å². The smallest absolute Gasteiger partial charge is 0.0401 e. The molecule has 0 aliphatic carbocycles. The van der Waals surface area contributed by atoms with E-state index in [4.69, 9.17) is 0 Å². The van der Waals surface area contributed by atoms with E-state index in [9.17, 15) is 0 Å². The van der Waals surface area contributed by atoms with E-state index in [0.717, 1.165) is 6.54 Å². The van der Waals surface area contributed by atoms with Crippen molar-refractivity contribution in [3.63, 3.8) is 0 Å². The number of fused-ring (bicyclic) bond motifs is 1. The summed E-state index contributed by atoms with van der Waals surface area (Å²) in [7, 11) is 0. The van der Waals surface area contributed by atoms with Crippen molar-refractivity contribution < 1.29 is 0 Å². The molecule has 2 nitrogen and oxygen atoms in total. The largest absolute Gasteiger partial charge is 0.381 e. The highest BCUT2D eigenvalue weighted by Crippen LogP contribution is 2.24. The number of thioether (sulfide) groups is 1. The molecule has 0 atom stereocenters. The van der Waals surface area contributed by atoms with Gasteiger partial charge in [-0.15, -0.1) is 11.8 Å². The van der Waals surface area contributed by atoms with E-state index in [0.29, 0.717) is 0 Å². The van der Waals surface area contributed by atoms with Crippen LogP contribution in [0.5, 0.6) is 0 Å². The van der Waals surface area contributed by atoms with Gasteiger partial charge < -0.3 is 5.32 Å². The van der Waals surface area contributed by atoms with E-state index in [-0.39, 0.29) is 0 Å². The average Bonchev–Trinajstić information content (AvgIpc) is 2.54. The molecule has 0 unspecified atom stereocenters. The maximum atomic E-state index is 4.15. The lowest BCUT2D eigenvalue weighted by molar-refractivity contribution is 1.14. The van der Waals surface area contributed by atoms with Crippen molar-refractivity contribution in [2.75, 3.05) is 11.6 Å². The highest BCUT2D eigenvalue weighted by atomic mass is 32.2. The number of pyridine rings is 1. The van der Waals surface area contributed by atoms with Crippen molar-refractivity contribution in [2.24, 2.45) is 0 Å². The lowest BCUT2D eigenvalue weighted by Crippen LogP contribution is -2.01. The van der Waals surface area contributed by atoms with E-state index >= 15 is 0 Å². The van der Waals surface area contributed by atoms with Crippen LogP contribution < -0.4 is 5.32 Å². The summed E-state index contributed by atoms with van der Waals surface area (Å²) < 4.78 is 0. The van der Waals surface area contributed by atoms with Crippen molar-refractivity contribution in [3.8, 4) is 0 Å². The van der Waals surface area contributed by atoms with Crippen LogP contribution in [0.4, 0.5) is 5.69 Å². The van der Waals surface area contributed by atoms with Crippen LogP contribution in [0.15, 0.2) is 59.8 Å². The topological polar surface area (TPSA) is 24.9 Å². The Balaban J connectivity index is 1.80. The summed E-state index contributed by atoms with van der Waals surface area (Å²) in [6.07, 6.45) is 5.84. The molecule has 2 aromatic carbocycles. The van der Waals surface area contributed by atoms with Crippen LogP contribution in [0.3, 0.4) is 0 Å². The normalized spacial score (nSPS) is 10.8. The number of nitrogens with zero attached hydrogens (tertiary/aromatic N) is 1. The van der Waals surface area contributed by atoms with Gasteiger partial charge in [-0.25, -0.2) is 0 Å². The number of hydrogen-bond donors (Lipinski definition) is 1. The summed E-state index contributed by atoms with van der Waals surface area (Å²) in [4.78, 5) is 5.43. The molecule has 3 rings (SSSR count). The molecule has 0 aliphatic rings. The Morgan fingerprint density at radius 3 is 2.81 bits per heavy atom. The van der Waals surface area contributed by atoms with Crippen LogP contribution in [-0.4, -0.2) is 11.2 Å². The van der Waals surface area contributed by atoms with Gasteiger partial charge in [-0.05, 0) is 54.0 Å². The maximum absolute atomic E-state index is 4.15. The zero-order chi connectivity index (χ0) is 14.7. The van der Waals surface area contributed by atoms with Crippen LogP contribution >= 0.6 is 11.8 Å². The minimum absolute atomic E-state index is 0.830. The molecule has 0 fully saturated rings. The average molecular weight is 294 g/mol. The zero-order valence-electron chi connectivity index (χ0n) is 12.3. The van der Waals surface area contributed by atoms with Crippen molar-refractivity contribution in [1.82, 2.24) is 4.98 Å². The number of rotatable bonds is 4. The highest BCUT2D eigenvalue weighted by Gasteiger charge is 2.01. The molecule has 0 bridgehead atoms. The van der Waals surface area contributed by atoms with Crippen LogP contribution in [0.25, 0.3) is 10.8 Å². The Morgan fingerprint density at radius 1 is 1.05 bits per heavy atom. The van der Waals surface area contributed by atoms with Crippen LogP contribution in [0, 0.1) is 6.92 Å². The van der Waals surface area contributed by atoms with Gasteiger partial charge in [0.05, 0.1) is 0 Å². The molecule has 0 saturated carbocycles. The van der Waals surface area contributed by atoms with Gasteiger partial charge in [-0.3, -0.25) is 4.98 Å². The van der Waals surface area contributed by atoms with E-state index in [1.54, 1.807) is 11.8 Å². The molecular formula is C18H18N2S. The fourth-order valence-electron chi connectivity index (χ4n) is 2.36. The second-order valence-corrected chi connectivity index (χ2v) is 5.97. The lowest BCUT2D eigenvalue weighted by Gasteiger charge is -2.11. The third-order valence-electron chi connectivity index (χ3n) is 3.63. The molecule has 1 N–H and O–H groups in total. The summed E-state index contributed by atoms with van der Waals surface area (Å²) in [6, 6.07) is 15.1. The maximum Gasteiger partial charge on any atom is 0.0401 e. The van der Waals surface area contributed by atoms with Crippen LogP contribution in [0.2, 0.25) is 0 Å². The number of anilines is 1. The van der Waals surface area contributed by atoms with Gasteiger partial charge in [-0.2, -0.15) is 0 Å². The Kier molecular flexibility index (Phi) is 4.11. The molecule has 1 heterocycles. The number of hydrogen-bond acceptors (Lipinski definition) is 3. The fraction of sp³-hybridized carbons (Fsp3) is 0.167. The molecule has 0 aliphatic heterocycles. The summed E-state index contributed by atoms with van der Waals surface area (Å²) in [6.45, 7) is 2.97. The van der Waals surface area contributed by atoms with Gasteiger partial charge >= 0.3 is 0 Å². The Bertz CT molecular complexity index is 768. The van der Waals surface area contributed by atoms with Gasteiger partial charge in [0.15, 0.2) is 0 Å². The Labute approximate surface area is 129 Å². The number of aromatic nitrogens is 1. The predicted octanol–water partition coefficient (Wildman–Crippen LogP) is 4.88. The third-order valence-corrected chi connectivity index (χ3v) is 4.36. The molecule has 106 valence electrons. The first-order valence-electron chi connectivity index (χ1n) is 6.97. The summed E-state index contributed by atoms with van der Waals surface area (Å²) in [5.74, 6) is 0. The van der Waals surface area contributed by atoms with Crippen molar-refractivity contribution in [3.05, 3.63) is 66.0 Å². The highest BCUT2D eigenvalue weighted by molar-refractivity contribution is 7.98. The van der Waals surface area contributed by atoms with E-state index in [1.165, 1.54) is 32.5 Å². The molecule has 1 aromatic heterocycles. The standard InChI is InChI=1S/C18H18N2S/c1-13-3-6-17(21-2)10-18(13)20-11-14-4-5-16-12-19-8-7-15(16)9-14/h3-10,12,20H,11H2,1-2H3. The van der Waals surface area contributed by atoms with Gasteiger partial charge in [-0.1, -0.05) is 18.2 Å².